The molecule has 0 saturated carbocycles. The second kappa shape index (κ2) is 9.37. The zero-order chi connectivity index (χ0) is 18.9. The molecule has 0 radical (unpaired) electrons. The Hall–Kier alpha value is -3.14. The number of nitrogens with zero attached hydrogens (tertiary/aromatic N) is 5. The van der Waals surface area contributed by atoms with Crippen LogP contribution >= 0.6 is 11.6 Å². The number of benzene rings is 1. The number of carbonyl (C=O) groups is 1. The van der Waals surface area contributed by atoms with Gasteiger partial charge in [0.15, 0.2) is 0 Å². The van der Waals surface area contributed by atoms with E-state index in [0.717, 1.165) is 5.69 Å². The van der Waals surface area contributed by atoms with Gasteiger partial charge in [-0.05, 0) is 24.3 Å². The normalized spacial score (nSPS) is 9.85. The van der Waals surface area contributed by atoms with E-state index in [1.807, 2.05) is 12.1 Å². The molecule has 0 amide bonds. The van der Waals surface area contributed by atoms with Crippen molar-refractivity contribution in [2.75, 3.05) is 7.11 Å². The van der Waals surface area contributed by atoms with E-state index in [1.165, 1.54) is 7.11 Å². The van der Waals surface area contributed by atoms with Crippen LogP contribution in [0.5, 0.6) is 11.9 Å². The van der Waals surface area contributed by atoms with Gasteiger partial charge in [-0.25, -0.2) is 14.5 Å². The minimum Gasteiger partial charge on any atom is -0.471 e. The Labute approximate surface area is 151 Å². The molecule has 2 heterocycles. The van der Waals surface area contributed by atoms with Crippen molar-refractivity contribution in [2.24, 2.45) is 0 Å². The highest BCUT2D eigenvalue weighted by atomic mass is 35.5. The molecule has 8 nitrogen and oxygen atoms in total. The molecule has 0 spiro atoms. The first kappa shape index (κ1) is 19.2. The lowest BCUT2D eigenvalue weighted by atomic mass is 10.3. The van der Waals surface area contributed by atoms with Gasteiger partial charge in [-0.3, -0.25) is 0 Å². The zero-order valence-electron chi connectivity index (χ0n) is 13.3. The summed E-state index contributed by atoms with van der Waals surface area (Å²) >= 11 is 5.86. The fraction of sp³-hybridized carbons (Fsp3) is 0.133. The Morgan fingerprint density at radius 3 is 2.58 bits per heavy atom. The van der Waals surface area contributed by atoms with Gasteiger partial charge in [-0.2, -0.15) is 4.98 Å². The van der Waals surface area contributed by atoms with Gasteiger partial charge < -0.3 is 9.47 Å². The summed E-state index contributed by atoms with van der Waals surface area (Å²) in [5.74, 6) is 0.410. The van der Waals surface area contributed by atoms with E-state index in [9.17, 15) is 8.78 Å². The van der Waals surface area contributed by atoms with Crippen LogP contribution in [-0.4, -0.2) is 38.4 Å². The highest BCUT2D eigenvalue weighted by Crippen LogP contribution is 2.14. The summed E-state index contributed by atoms with van der Waals surface area (Å²) < 4.78 is 31.5. The van der Waals surface area contributed by atoms with Crippen LogP contribution in [-0.2, 0) is 6.61 Å². The molecule has 0 aliphatic carbocycles. The molecule has 0 saturated heterocycles. The summed E-state index contributed by atoms with van der Waals surface area (Å²) in [4.78, 5) is 16.1. The maximum atomic E-state index is 9.69. The maximum absolute atomic E-state index is 9.69. The summed E-state index contributed by atoms with van der Waals surface area (Å²) in [6.45, 7) is 0.244. The third-order valence-corrected chi connectivity index (χ3v) is 3.04. The Bertz CT molecular complexity index is 856. The summed E-state index contributed by atoms with van der Waals surface area (Å²) in [7, 11) is 1.50. The summed E-state index contributed by atoms with van der Waals surface area (Å²) in [5.41, 5.74) is 1.54. The highest BCUT2D eigenvalue weighted by Gasteiger charge is 2.05. The molecular formula is C15H12ClF2N5O3. The van der Waals surface area contributed by atoms with Crippen LogP contribution in [0.3, 0.4) is 0 Å². The van der Waals surface area contributed by atoms with Crippen molar-refractivity contribution in [1.29, 1.82) is 0 Å². The van der Waals surface area contributed by atoms with E-state index in [0.29, 0.717) is 16.6 Å². The lowest BCUT2D eigenvalue weighted by Gasteiger charge is -2.03. The van der Waals surface area contributed by atoms with Crippen LogP contribution < -0.4 is 9.47 Å². The molecular weight excluding hydrogens is 372 g/mol. The molecule has 0 atom stereocenters. The lowest BCUT2D eigenvalue weighted by molar-refractivity contribution is 0.199. The molecule has 11 heteroatoms. The molecule has 26 heavy (non-hydrogen) atoms. The molecule has 0 N–H and O–H groups in total. The molecule has 1 aromatic carbocycles. The fourth-order valence-electron chi connectivity index (χ4n) is 1.74. The summed E-state index contributed by atoms with van der Waals surface area (Å²) in [5, 5.41) is 8.77. The topological polar surface area (TPSA) is 92.0 Å². The predicted octanol–water partition coefficient (Wildman–Crippen LogP) is 3.34. The van der Waals surface area contributed by atoms with Gasteiger partial charge in [0.05, 0.1) is 19.0 Å². The number of hydrogen-bond acceptors (Lipinski definition) is 7. The van der Waals surface area contributed by atoms with Gasteiger partial charge in [0.1, 0.15) is 12.3 Å². The number of ether oxygens (including phenoxy) is 2. The van der Waals surface area contributed by atoms with Crippen molar-refractivity contribution in [3.63, 3.8) is 0 Å². The van der Waals surface area contributed by atoms with E-state index < -0.39 is 6.29 Å². The minimum absolute atomic E-state index is 0.244. The Kier molecular flexibility index (Phi) is 6.92. The van der Waals surface area contributed by atoms with Crippen molar-refractivity contribution < 1.29 is 23.0 Å². The molecule has 0 bridgehead atoms. The summed E-state index contributed by atoms with van der Waals surface area (Å²) in [6.07, 6.45) is 0.507. The number of carbonyl (C=O) groups excluding carboxylic acids is 1. The van der Waals surface area contributed by atoms with Crippen molar-refractivity contribution in [1.82, 2.24) is 25.0 Å². The van der Waals surface area contributed by atoms with Gasteiger partial charge in [0.25, 0.3) is 0 Å². The Morgan fingerprint density at radius 2 is 1.92 bits per heavy atom. The number of halogens is 3. The average molecular weight is 384 g/mol. The first-order valence-electron chi connectivity index (χ1n) is 7.00. The highest BCUT2D eigenvalue weighted by molar-refractivity contribution is 6.30. The van der Waals surface area contributed by atoms with Crippen LogP contribution in [0.15, 0.2) is 42.7 Å². The first-order valence-corrected chi connectivity index (χ1v) is 7.37. The van der Waals surface area contributed by atoms with Crippen LogP contribution in [0.1, 0.15) is 5.69 Å². The Balaban J connectivity index is 0.000000552. The number of methoxy groups -OCH3 is 1. The van der Waals surface area contributed by atoms with Crippen LogP contribution in [0.25, 0.3) is 5.69 Å². The van der Waals surface area contributed by atoms with Gasteiger partial charge >= 0.3 is 12.3 Å². The molecule has 0 aliphatic rings. The molecule has 3 aromatic rings. The smallest absolute Gasteiger partial charge is 0.471 e. The number of aromatic nitrogens is 5. The number of hydrogen-bond donors (Lipinski definition) is 0. The quantitative estimate of drug-likeness (QED) is 0.624. The average Bonchev–Trinajstić information content (AvgIpc) is 3.09. The monoisotopic (exact) mass is 383 g/mol. The van der Waals surface area contributed by atoms with Crippen molar-refractivity contribution >= 4 is 17.9 Å². The minimum atomic E-state index is -2.83. The maximum Gasteiger partial charge on any atom is 0.483 e. The first-order chi connectivity index (χ1) is 12.5. The second-order valence-electron chi connectivity index (χ2n) is 4.53. The van der Waals surface area contributed by atoms with Crippen molar-refractivity contribution in [3.8, 4) is 17.6 Å². The predicted molar refractivity (Wildman–Crippen MR) is 86.9 cm³/mol. The van der Waals surface area contributed by atoms with Crippen molar-refractivity contribution in [2.45, 2.75) is 6.61 Å². The van der Waals surface area contributed by atoms with Gasteiger partial charge in [0.2, 0.25) is 5.88 Å². The SMILES string of the molecule is COc1nccc(OCc2cn(-c3ccc(Cl)cc3)nn2)n1.O=C(F)F. The third-order valence-electron chi connectivity index (χ3n) is 2.79. The van der Waals surface area contributed by atoms with E-state index in [-0.39, 0.29) is 12.6 Å². The number of rotatable bonds is 5. The standard InChI is InChI=1S/C14H12ClN5O2.CF2O/c1-21-14-16-7-6-13(17-14)22-9-11-8-20(19-18-11)12-4-2-10(15)3-5-12;2-1(3)4/h2-8H,9H2,1H3;. The largest absolute Gasteiger partial charge is 0.483 e. The third kappa shape index (κ3) is 6.06. The summed E-state index contributed by atoms with van der Waals surface area (Å²) in [6, 6.07) is 9.20. The molecule has 0 aliphatic heterocycles. The second-order valence-corrected chi connectivity index (χ2v) is 4.96. The molecule has 0 fully saturated rings. The van der Waals surface area contributed by atoms with E-state index in [2.05, 4.69) is 20.3 Å². The Morgan fingerprint density at radius 1 is 1.23 bits per heavy atom. The molecule has 0 unspecified atom stereocenters. The fourth-order valence-corrected chi connectivity index (χ4v) is 1.86. The van der Waals surface area contributed by atoms with Crippen LogP contribution in [0.2, 0.25) is 5.02 Å². The zero-order valence-corrected chi connectivity index (χ0v) is 14.1. The molecule has 2 aromatic heterocycles. The van der Waals surface area contributed by atoms with Gasteiger partial charge in [-0.15, -0.1) is 13.9 Å². The van der Waals surface area contributed by atoms with Gasteiger partial charge in [0, 0.05) is 17.3 Å². The van der Waals surface area contributed by atoms with Gasteiger partial charge in [-0.1, -0.05) is 16.8 Å². The van der Waals surface area contributed by atoms with E-state index in [1.54, 1.807) is 35.3 Å². The van der Waals surface area contributed by atoms with Crippen molar-refractivity contribution in [3.05, 3.63) is 53.4 Å². The molecule has 136 valence electrons. The van der Waals surface area contributed by atoms with Crippen LogP contribution in [0, 0.1) is 0 Å². The van der Waals surface area contributed by atoms with Crippen LogP contribution in [0.4, 0.5) is 13.6 Å². The van der Waals surface area contributed by atoms with E-state index in [4.69, 9.17) is 25.9 Å². The van der Waals surface area contributed by atoms with E-state index >= 15 is 0 Å². The molecule has 3 rings (SSSR count). The lowest BCUT2D eigenvalue weighted by Crippen LogP contribution is -1.99.